The van der Waals surface area contributed by atoms with Crippen molar-refractivity contribution in [3.05, 3.63) is 23.4 Å². The topological polar surface area (TPSA) is 71.1 Å². The average molecular weight is 250 g/mol. The van der Waals surface area contributed by atoms with Crippen LogP contribution >= 0.6 is 11.6 Å². The molecule has 1 aromatic rings. The van der Waals surface area contributed by atoms with Crippen LogP contribution in [0, 0.1) is 0 Å². The van der Waals surface area contributed by atoms with Gasteiger partial charge in [-0.05, 0) is 12.1 Å². The molecule has 1 heterocycles. The SMILES string of the molecule is CS(=O)(=O)NCCNc1ccc(Cl)cn1. The van der Waals surface area contributed by atoms with Crippen molar-refractivity contribution in [3.63, 3.8) is 0 Å². The van der Waals surface area contributed by atoms with E-state index < -0.39 is 10.0 Å². The van der Waals surface area contributed by atoms with Crippen molar-refractivity contribution < 1.29 is 8.42 Å². The fourth-order valence-corrected chi connectivity index (χ4v) is 1.49. The highest BCUT2D eigenvalue weighted by Gasteiger charge is 1.98. The van der Waals surface area contributed by atoms with E-state index in [-0.39, 0.29) is 0 Å². The first-order valence-corrected chi connectivity index (χ1v) is 6.54. The molecule has 1 rings (SSSR count). The Morgan fingerprint density at radius 3 is 2.67 bits per heavy atom. The summed E-state index contributed by atoms with van der Waals surface area (Å²) in [6.07, 6.45) is 2.64. The summed E-state index contributed by atoms with van der Waals surface area (Å²) in [6, 6.07) is 3.43. The highest BCUT2D eigenvalue weighted by atomic mass is 35.5. The van der Waals surface area contributed by atoms with Crippen LogP contribution < -0.4 is 10.0 Å². The molecule has 0 saturated carbocycles. The Morgan fingerprint density at radius 1 is 1.40 bits per heavy atom. The van der Waals surface area contributed by atoms with Crippen LogP contribution in [0.25, 0.3) is 0 Å². The van der Waals surface area contributed by atoms with Gasteiger partial charge in [-0.3, -0.25) is 0 Å². The van der Waals surface area contributed by atoms with Crippen molar-refractivity contribution in [3.8, 4) is 0 Å². The highest BCUT2D eigenvalue weighted by molar-refractivity contribution is 7.88. The first-order chi connectivity index (χ1) is 6.97. The second kappa shape index (κ2) is 5.29. The highest BCUT2D eigenvalue weighted by Crippen LogP contribution is 2.08. The number of pyridine rings is 1. The van der Waals surface area contributed by atoms with Crippen LogP contribution in [0.3, 0.4) is 0 Å². The minimum atomic E-state index is -3.12. The number of aromatic nitrogens is 1. The molecule has 5 nitrogen and oxygen atoms in total. The van der Waals surface area contributed by atoms with Gasteiger partial charge in [-0.25, -0.2) is 18.1 Å². The zero-order valence-electron chi connectivity index (χ0n) is 8.20. The monoisotopic (exact) mass is 249 g/mol. The number of rotatable bonds is 5. The summed E-state index contributed by atoms with van der Waals surface area (Å²) in [6.45, 7) is 0.796. The molecule has 7 heteroatoms. The lowest BCUT2D eigenvalue weighted by Gasteiger charge is -2.05. The van der Waals surface area contributed by atoms with Gasteiger partial charge in [-0.2, -0.15) is 0 Å². The largest absolute Gasteiger partial charge is 0.369 e. The molecule has 0 spiro atoms. The third kappa shape index (κ3) is 5.56. The summed E-state index contributed by atoms with van der Waals surface area (Å²) in [7, 11) is -3.12. The van der Waals surface area contributed by atoms with Crippen LogP contribution in [0.5, 0.6) is 0 Å². The molecule has 0 saturated heterocycles. The van der Waals surface area contributed by atoms with Gasteiger partial charge in [0.15, 0.2) is 0 Å². The number of hydrogen-bond donors (Lipinski definition) is 2. The second-order valence-electron chi connectivity index (χ2n) is 2.95. The van der Waals surface area contributed by atoms with E-state index in [0.29, 0.717) is 23.9 Å². The Kier molecular flexibility index (Phi) is 4.31. The number of anilines is 1. The van der Waals surface area contributed by atoms with Gasteiger partial charge in [0.25, 0.3) is 0 Å². The summed E-state index contributed by atoms with van der Waals surface area (Å²) >= 11 is 5.65. The maximum atomic E-state index is 10.7. The normalized spacial score (nSPS) is 11.3. The summed E-state index contributed by atoms with van der Waals surface area (Å²) in [4.78, 5) is 3.99. The number of halogens is 1. The number of nitrogens with zero attached hydrogens (tertiary/aromatic N) is 1. The summed E-state index contributed by atoms with van der Waals surface area (Å²) in [5.74, 6) is 0.662. The van der Waals surface area contributed by atoms with Crippen molar-refractivity contribution in [1.29, 1.82) is 0 Å². The average Bonchev–Trinajstić information content (AvgIpc) is 2.14. The zero-order valence-corrected chi connectivity index (χ0v) is 9.77. The first-order valence-electron chi connectivity index (χ1n) is 4.27. The van der Waals surface area contributed by atoms with Crippen LogP contribution in [0.15, 0.2) is 18.3 Å². The Bertz CT molecular complexity index is 404. The van der Waals surface area contributed by atoms with Crippen LogP contribution in [-0.2, 0) is 10.0 Å². The van der Waals surface area contributed by atoms with Crippen molar-refractivity contribution in [2.45, 2.75) is 0 Å². The van der Waals surface area contributed by atoms with Crippen LogP contribution in [0.1, 0.15) is 0 Å². The van der Waals surface area contributed by atoms with E-state index in [0.717, 1.165) is 6.26 Å². The Morgan fingerprint density at radius 2 is 2.13 bits per heavy atom. The molecule has 0 atom stereocenters. The first kappa shape index (κ1) is 12.2. The molecular weight excluding hydrogens is 238 g/mol. The third-order valence-corrected chi connectivity index (χ3v) is 2.47. The Hall–Kier alpha value is -0.850. The fourth-order valence-electron chi connectivity index (χ4n) is 0.907. The van der Waals surface area contributed by atoms with Gasteiger partial charge in [-0.15, -0.1) is 0 Å². The van der Waals surface area contributed by atoms with E-state index in [1.165, 1.54) is 6.20 Å². The maximum absolute atomic E-state index is 10.7. The molecule has 0 radical (unpaired) electrons. The maximum Gasteiger partial charge on any atom is 0.208 e. The van der Waals surface area contributed by atoms with E-state index >= 15 is 0 Å². The zero-order chi connectivity index (χ0) is 11.3. The molecule has 84 valence electrons. The minimum Gasteiger partial charge on any atom is -0.369 e. The van der Waals surface area contributed by atoms with Crippen molar-refractivity contribution in [1.82, 2.24) is 9.71 Å². The molecule has 0 aromatic carbocycles. The van der Waals surface area contributed by atoms with Gasteiger partial charge in [0, 0.05) is 19.3 Å². The fraction of sp³-hybridized carbons (Fsp3) is 0.375. The molecule has 0 aliphatic carbocycles. The third-order valence-electron chi connectivity index (χ3n) is 1.52. The summed E-state index contributed by atoms with van der Waals surface area (Å²) in [5, 5.41) is 3.51. The lowest BCUT2D eigenvalue weighted by atomic mass is 10.4. The van der Waals surface area contributed by atoms with E-state index in [1.807, 2.05) is 0 Å². The summed E-state index contributed by atoms with van der Waals surface area (Å²) < 4.78 is 23.8. The lowest BCUT2D eigenvalue weighted by Crippen LogP contribution is -2.27. The molecule has 0 aliphatic heterocycles. The molecule has 0 amide bonds. The standard InChI is InChI=1S/C8H12ClN3O2S/c1-15(13,14)12-5-4-10-8-3-2-7(9)6-11-8/h2-3,6,12H,4-5H2,1H3,(H,10,11). The number of hydrogen-bond acceptors (Lipinski definition) is 4. The van der Waals surface area contributed by atoms with Crippen molar-refractivity contribution in [2.75, 3.05) is 24.7 Å². The number of sulfonamides is 1. The van der Waals surface area contributed by atoms with Crippen LogP contribution in [0.4, 0.5) is 5.82 Å². The molecule has 2 N–H and O–H groups in total. The van der Waals surface area contributed by atoms with Gasteiger partial charge in [-0.1, -0.05) is 11.6 Å². The molecular formula is C8H12ClN3O2S. The molecule has 0 bridgehead atoms. The lowest BCUT2D eigenvalue weighted by molar-refractivity contribution is 0.589. The molecule has 0 aliphatic rings. The van der Waals surface area contributed by atoms with Gasteiger partial charge in [0.05, 0.1) is 11.3 Å². The predicted molar refractivity (Wildman–Crippen MR) is 60.6 cm³/mol. The molecule has 0 fully saturated rings. The van der Waals surface area contributed by atoms with Crippen LogP contribution in [0.2, 0.25) is 5.02 Å². The Balaban J connectivity index is 2.29. The van der Waals surface area contributed by atoms with Gasteiger partial charge < -0.3 is 5.32 Å². The molecule has 0 unspecified atom stereocenters. The second-order valence-corrected chi connectivity index (χ2v) is 5.22. The van der Waals surface area contributed by atoms with Crippen molar-refractivity contribution in [2.24, 2.45) is 0 Å². The molecule has 15 heavy (non-hydrogen) atoms. The van der Waals surface area contributed by atoms with E-state index in [4.69, 9.17) is 11.6 Å². The Labute approximate surface area is 93.9 Å². The summed E-state index contributed by atoms with van der Waals surface area (Å²) in [5.41, 5.74) is 0. The van der Waals surface area contributed by atoms with Crippen LogP contribution in [-0.4, -0.2) is 32.7 Å². The van der Waals surface area contributed by atoms with Gasteiger partial charge in [0.2, 0.25) is 10.0 Å². The van der Waals surface area contributed by atoms with Gasteiger partial charge in [0.1, 0.15) is 5.82 Å². The smallest absolute Gasteiger partial charge is 0.208 e. The van der Waals surface area contributed by atoms with E-state index in [9.17, 15) is 8.42 Å². The predicted octanol–water partition coefficient (Wildman–Crippen LogP) is 0.696. The quantitative estimate of drug-likeness (QED) is 0.754. The number of nitrogens with one attached hydrogen (secondary N) is 2. The minimum absolute atomic E-state index is 0.323. The van der Waals surface area contributed by atoms with E-state index in [1.54, 1.807) is 12.1 Å². The van der Waals surface area contributed by atoms with E-state index in [2.05, 4.69) is 15.0 Å². The van der Waals surface area contributed by atoms with Gasteiger partial charge >= 0.3 is 0 Å². The van der Waals surface area contributed by atoms with Crippen molar-refractivity contribution >= 4 is 27.4 Å². The molecule has 1 aromatic heterocycles.